The summed E-state index contributed by atoms with van der Waals surface area (Å²) in [6.07, 6.45) is 1.46. The monoisotopic (exact) mass is 293 g/mol. The number of nitrogens with zero attached hydrogens (tertiary/aromatic N) is 2. The molecule has 2 amide bonds. The summed E-state index contributed by atoms with van der Waals surface area (Å²) in [6.45, 7) is 5.60. The molecular formula is C14H23N5O2. The van der Waals surface area contributed by atoms with E-state index >= 15 is 0 Å². The van der Waals surface area contributed by atoms with Gasteiger partial charge in [0.15, 0.2) is 0 Å². The summed E-state index contributed by atoms with van der Waals surface area (Å²) in [7, 11) is 1.84. The highest BCUT2D eigenvalue weighted by atomic mass is 16.2. The largest absolute Gasteiger partial charge is 0.355 e. The molecule has 0 radical (unpaired) electrons. The zero-order chi connectivity index (χ0) is 15.8. The molecular weight excluding hydrogens is 270 g/mol. The van der Waals surface area contributed by atoms with Crippen molar-refractivity contribution in [3.63, 3.8) is 0 Å². The fourth-order valence-electron chi connectivity index (χ4n) is 1.69. The van der Waals surface area contributed by atoms with E-state index in [0.717, 1.165) is 5.69 Å². The molecule has 0 fully saturated rings. The third-order valence-electron chi connectivity index (χ3n) is 2.77. The van der Waals surface area contributed by atoms with Gasteiger partial charge in [-0.3, -0.25) is 24.9 Å². The molecule has 0 bridgehead atoms. The predicted molar refractivity (Wildman–Crippen MR) is 80.1 cm³/mol. The summed E-state index contributed by atoms with van der Waals surface area (Å²) in [4.78, 5) is 29.0. The molecule has 1 aromatic heterocycles. The quantitative estimate of drug-likeness (QED) is 0.370. The Balaban J connectivity index is 2.45. The second kappa shape index (κ2) is 8.33. The zero-order valence-corrected chi connectivity index (χ0v) is 12.7. The first-order valence-corrected chi connectivity index (χ1v) is 6.83. The molecule has 0 aliphatic rings. The molecule has 4 N–H and O–H groups in total. The van der Waals surface area contributed by atoms with Crippen molar-refractivity contribution in [1.82, 2.24) is 20.6 Å². The van der Waals surface area contributed by atoms with Gasteiger partial charge in [-0.25, -0.2) is 5.84 Å². The normalized spacial score (nSPS) is 10.8. The third-order valence-corrected chi connectivity index (χ3v) is 2.77. The maximum Gasteiger partial charge on any atom is 0.266 e. The van der Waals surface area contributed by atoms with Gasteiger partial charge in [0.05, 0.1) is 17.8 Å². The lowest BCUT2D eigenvalue weighted by atomic mass is 10.2. The molecule has 21 heavy (non-hydrogen) atoms. The molecule has 116 valence electrons. The van der Waals surface area contributed by atoms with Gasteiger partial charge in [-0.15, -0.1) is 0 Å². The summed E-state index contributed by atoms with van der Waals surface area (Å²) >= 11 is 0. The first-order chi connectivity index (χ1) is 9.92. The van der Waals surface area contributed by atoms with Crippen molar-refractivity contribution in [2.24, 2.45) is 11.8 Å². The number of nitrogen functional groups attached to an aromatic ring is 1. The first kappa shape index (κ1) is 17.1. The third kappa shape index (κ3) is 6.33. The number of nitrogens with one attached hydrogen (secondary N) is 2. The van der Waals surface area contributed by atoms with E-state index in [9.17, 15) is 9.59 Å². The maximum atomic E-state index is 11.7. The van der Waals surface area contributed by atoms with Crippen LogP contribution in [0.1, 0.15) is 29.9 Å². The average Bonchev–Trinajstić information content (AvgIpc) is 2.45. The smallest absolute Gasteiger partial charge is 0.266 e. The molecule has 0 aliphatic carbocycles. The van der Waals surface area contributed by atoms with Crippen LogP contribution in [-0.2, 0) is 11.3 Å². The van der Waals surface area contributed by atoms with Crippen LogP contribution in [0.25, 0.3) is 0 Å². The molecule has 0 saturated heterocycles. The van der Waals surface area contributed by atoms with Gasteiger partial charge < -0.3 is 5.32 Å². The number of pyridine rings is 1. The molecule has 0 atom stereocenters. The number of carbonyl (C=O) groups excluding carboxylic acids is 2. The van der Waals surface area contributed by atoms with Gasteiger partial charge in [0.1, 0.15) is 0 Å². The standard InChI is InChI=1S/C14H23N5O2/c1-10(2)6-17-13(20)9-19(3)8-12-5-4-11(7-16-12)14(21)18-15/h4-5,7,10H,6,8-9,15H2,1-3H3,(H,17,20)(H,18,21). The van der Waals surface area contributed by atoms with Crippen LogP contribution in [-0.4, -0.2) is 41.8 Å². The molecule has 1 rings (SSSR count). The highest BCUT2D eigenvalue weighted by molar-refractivity contribution is 5.93. The van der Waals surface area contributed by atoms with Gasteiger partial charge in [-0.2, -0.15) is 0 Å². The molecule has 0 spiro atoms. The topological polar surface area (TPSA) is 100 Å². The SMILES string of the molecule is CC(C)CNC(=O)CN(C)Cc1ccc(C(=O)NN)cn1. The molecule has 0 unspecified atom stereocenters. The van der Waals surface area contributed by atoms with Crippen LogP contribution in [0.3, 0.4) is 0 Å². The Hall–Kier alpha value is -1.99. The van der Waals surface area contributed by atoms with Crippen molar-refractivity contribution in [2.75, 3.05) is 20.1 Å². The number of aromatic nitrogens is 1. The number of nitrogens with two attached hydrogens (primary N) is 1. The van der Waals surface area contributed by atoms with E-state index in [4.69, 9.17) is 5.84 Å². The zero-order valence-electron chi connectivity index (χ0n) is 12.7. The number of amides is 2. The van der Waals surface area contributed by atoms with Crippen molar-refractivity contribution in [3.05, 3.63) is 29.6 Å². The van der Waals surface area contributed by atoms with E-state index in [1.165, 1.54) is 6.20 Å². The van der Waals surface area contributed by atoms with Crippen LogP contribution >= 0.6 is 0 Å². The van der Waals surface area contributed by atoms with E-state index in [-0.39, 0.29) is 11.8 Å². The van der Waals surface area contributed by atoms with Crippen molar-refractivity contribution >= 4 is 11.8 Å². The lowest BCUT2D eigenvalue weighted by molar-refractivity contribution is -0.122. The van der Waals surface area contributed by atoms with Crippen LogP contribution in [0.4, 0.5) is 0 Å². The van der Waals surface area contributed by atoms with Gasteiger partial charge >= 0.3 is 0 Å². The van der Waals surface area contributed by atoms with Crippen LogP contribution in [0.5, 0.6) is 0 Å². The van der Waals surface area contributed by atoms with Gasteiger partial charge in [0, 0.05) is 19.3 Å². The van der Waals surface area contributed by atoms with Crippen LogP contribution < -0.4 is 16.6 Å². The van der Waals surface area contributed by atoms with E-state index < -0.39 is 0 Å². The van der Waals surface area contributed by atoms with Crippen molar-refractivity contribution < 1.29 is 9.59 Å². The van der Waals surface area contributed by atoms with Crippen LogP contribution in [0, 0.1) is 5.92 Å². The Kier molecular flexibility index (Phi) is 6.77. The molecule has 1 heterocycles. The number of carbonyl (C=O) groups is 2. The fourth-order valence-corrected chi connectivity index (χ4v) is 1.69. The average molecular weight is 293 g/mol. The minimum absolute atomic E-state index is 0.00895. The first-order valence-electron chi connectivity index (χ1n) is 6.83. The molecule has 0 saturated carbocycles. The maximum absolute atomic E-state index is 11.7. The second-order valence-corrected chi connectivity index (χ2v) is 5.38. The van der Waals surface area contributed by atoms with Crippen LogP contribution in [0.2, 0.25) is 0 Å². The number of hydrogen-bond acceptors (Lipinski definition) is 5. The number of rotatable bonds is 7. The van der Waals surface area contributed by atoms with Crippen LogP contribution in [0.15, 0.2) is 18.3 Å². The van der Waals surface area contributed by atoms with E-state index in [0.29, 0.717) is 31.1 Å². The molecule has 0 aliphatic heterocycles. The Bertz CT molecular complexity index is 473. The van der Waals surface area contributed by atoms with Gasteiger partial charge in [0.25, 0.3) is 5.91 Å². The van der Waals surface area contributed by atoms with Crippen molar-refractivity contribution in [2.45, 2.75) is 20.4 Å². The Morgan fingerprint density at radius 1 is 1.38 bits per heavy atom. The minimum Gasteiger partial charge on any atom is -0.355 e. The highest BCUT2D eigenvalue weighted by Gasteiger charge is 2.09. The predicted octanol–water partition coefficient (Wildman–Crippen LogP) is -0.111. The van der Waals surface area contributed by atoms with E-state index in [1.807, 2.05) is 31.2 Å². The Morgan fingerprint density at radius 3 is 2.62 bits per heavy atom. The second-order valence-electron chi connectivity index (χ2n) is 5.38. The summed E-state index contributed by atoms with van der Waals surface area (Å²) in [6, 6.07) is 3.39. The summed E-state index contributed by atoms with van der Waals surface area (Å²) in [5.41, 5.74) is 3.23. The Labute approximate surface area is 124 Å². The summed E-state index contributed by atoms with van der Waals surface area (Å²) in [5.74, 6) is 5.09. The Morgan fingerprint density at radius 2 is 2.10 bits per heavy atom. The number of likely N-dealkylation sites (N-methyl/N-ethyl adjacent to an activating group) is 1. The number of hydrazine groups is 1. The van der Waals surface area contributed by atoms with E-state index in [2.05, 4.69) is 10.3 Å². The lowest BCUT2D eigenvalue weighted by Crippen LogP contribution is -2.36. The van der Waals surface area contributed by atoms with Crippen molar-refractivity contribution in [3.8, 4) is 0 Å². The highest BCUT2D eigenvalue weighted by Crippen LogP contribution is 2.03. The van der Waals surface area contributed by atoms with Gasteiger partial charge in [-0.05, 0) is 25.1 Å². The number of hydrogen-bond donors (Lipinski definition) is 3. The molecule has 7 nitrogen and oxygen atoms in total. The van der Waals surface area contributed by atoms with Crippen molar-refractivity contribution in [1.29, 1.82) is 0 Å². The molecule has 7 heteroatoms. The van der Waals surface area contributed by atoms with E-state index in [1.54, 1.807) is 12.1 Å². The molecule has 1 aromatic rings. The summed E-state index contributed by atoms with van der Waals surface area (Å²) in [5, 5.41) is 2.86. The fraction of sp³-hybridized carbons (Fsp3) is 0.500. The van der Waals surface area contributed by atoms with Gasteiger partial charge in [0.2, 0.25) is 5.91 Å². The lowest BCUT2D eigenvalue weighted by Gasteiger charge is -2.16. The minimum atomic E-state index is -0.379. The molecule has 0 aromatic carbocycles. The summed E-state index contributed by atoms with van der Waals surface area (Å²) < 4.78 is 0. The van der Waals surface area contributed by atoms with Gasteiger partial charge in [-0.1, -0.05) is 13.8 Å².